The van der Waals surface area contributed by atoms with Crippen LogP contribution in [0.15, 0.2) is 42.5 Å². The molecule has 0 radical (unpaired) electrons. The number of aromatic amines is 1. The number of H-pyrrole nitrogens is 1. The van der Waals surface area contributed by atoms with Crippen LogP contribution in [-0.4, -0.2) is 79.8 Å². The Morgan fingerprint density at radius 1 is 1.13 bits per heavy atom. The molecule has 1 fully saturated rings. The van der Waals surface area contributed by atoms with Gasteiger partial charge in [-0.05, 0) is 44.9 Å². The zero-order valence-electron chi connectivity index (χ0n) is 18.4. The fourth-order valence-corrected chi connectivity index (χ4v) is 3.83. The Hall–Kier alpha value is -3.16. The van der Waals surface area contributed by atoms with Crippen LogP contribution >= 0.6 is 0 Å². The van der Waals surface area contributed by atoms with Gasteiger partial charge in [0.1, 0.15) is 0 Å². The molecule has 3 aromatic rings. The maximum Gasteiger partial charge on any atom is 0.238 e. The molecular weight excluding hydrogens is 388 g/mol. The van der Waals surface area contributed by atoms with E-state index in [1.807, 2.05) is 55.4 Å². The number of carbonyl (C=O) groups excluding carboxylic acids is 1. The lowest BCUT2D eigenvalue weighted by molar-refractivity contribution is -0.116. The molecule has 2 heterocycles. The van der Waals surface area contributed by atoms with E-state index in [2.05, 4.69) is 50.6 Å². The summed E-state index contributed by atoms with van der Waals surface area (Å²) in [5.41, 5.74) is 4.81. The number of fused-ring (bicyclic) bond motifs is 1. The summed E-state index contributed by atoms with van der Waals surface area (Å²) in [5.74, 6) is -0.0235. The number of hydrogen-bond donors (Lipinski definition) is 2. The summed E-state index contributed by atoms with van der Waals surface area (Å²) in [7, 11) is 5.93. The van der Waals surface area contributed by atoms with Crippen LogP contribution in [0.3, 0.4) is 0 Å². The minimum atomic E-state index is -0.0235. The van der Waals surface area contributed by atoms with Crippen LogP contribution in [0.25, 0.3) is 23.1 Å². The van der Waals surface area contributed by atoms with E-state index in [0.717, 1.165) is 59.7 Å². The van der Waals surface area contributed by atoms with Gasteiger partial charge in [0, 0.05) is 31.6 Å². The summed E-state index contributed by atoms with van der Waals surface area (Å²) in [4.78, 5) is 19.1. The number of hydrogen-bond acceptors (Lipinski definition) is 5. The van der Waals surface area contributed by atoms with Gasteiger partial charge in [0.2, 0.25) is 5.91 Å². The molecular formula is C24H30N6O. The highest BCUT2D eigenvalue weighted by Gasteiger charge is 2.20. The molecule has 1 amide bonds. The van der Waals surface area contributed by atoms with Crippen molar-refractivity contribution >= 4 is 40.3 Å². The summed E-state index contributed by atoms with van der Waals surface area (Å²) in [6, 6.07) is 14.3. The summed E-state index contributed by atoms with van der Waals surface area (Å²) in [6.45, 7) is 4.18. The van der Waals surface area contributed by atoms with E-state index >= 15 is 0 Å². The average Bonchev–Trinajstić information content (AvgIpc) is 3.14. The van der Waals surface area contributed by atoms with Crippen LogP contribution in [-0.2, 0) is 4.79 Å². The maximum atomic E-state index is 12.6. The number of rotatable bonds is 6. The van der Waals surface area contributed by atoms with Crippen molar-refractivity contribution in [2.75, 3.05) is 64.1 Å². The summed E-state index contributed by atoms with van der Waals surface area (Å²) < 4.78 is 0. The van der Waals surface area contributed by atoms with Crippen LogP contribution < -0.4 is 10.2 Å². The lowest BCUT2D eigenvalue weighted by Crippen LogP contribution is -2.44. The minimum Gasteiger partial charge on any atom is -0.367 e. The normalized spacial score (nSPS) is 15.3. The second-order valence-corrected chi connectivity index (χ2v) is 8.34. The molecule has 0 unspecified atom stereocenters. The third-order valence-corrected chi connectivity index (χ3v) is 5.52. The Bertz CT molecular complexity index is 1060. The molecule has 2 aromatic carbocycles. The quantitative estimate of drug-likeness (QED) is 0.644. The predicted molar refractivity (Wildman–Crippen MR) is 128 cm³/mol. The minimum absolute atomic E-state index is 0.0235. The average molecular weight is 419 g/mol. The van der Waals surface area contributed by atoms with Gasteiger partial charge in [0.15, 0.2) is 0 Å². The largest absolute Gasteiger partial charge is 0.367 e. The van der Waals surface area contributed by atoms with Gasteiger partial charge in [0.05, 0.1) is 29.1 Å². The Kier molecular flexibility index (Phi) is 6.34. The topological polar surface area (TPSA) is 67.5 Å². The number of carbonyl (C=O) groups is 1. The van der Waals surface area contributed by atoms with E-state index in [1.165, 1.54) is 0 Å². The molecule has 0 aliphatic carbocycles. The number of anilines is 2. The molecule has 7 heteroatoms. The molecule has 31 heavy (non-hydrogen) atoms. The highest BCUT2D eigenvalue weighted by Crippen LogP contribution is 2.33. The highest BCUT2D eigenvalue weighted by atomic mass is 16.2. The van der Waals surface area contributed by atoms with Crippen molar-refractivity contribution in [3.63, 3.8) is 0 Å². The maximum absolute atomic E-state index is 12.6. The third-order valence-electron chi connectivity index (χ3n) is 5.52. The molecule has 4 rings (SSSR count). The van der Waals surface area contributed by atoms with Crippen molar-refractivity contribution in [1.82, 2.24) is 20.0 Å². The van der Waals surface area contributed by atoms with Gasteiger partial charge in [0.25, 0.3) is 0 Å². The molecule has 2 N–H and O–H groups in total. The van der Waals surface area contributed by atoms with E-state index in [9.17, 15) is 4.79 Å². The lowest BCUT2D eigenvalue weighted by atomic mass is 10.1. The number of piperazine rings is 1. The monoisotopic (exact) mass is 418 g/mol. The molecule has 0 saturated carbocycles. The van der Waals surface area contributed by atoms with Crippen LogP contribution in [0.2, 0.25) is 0 Å². The van der Waals surface area contributed by atoms with Crippen molar-refractivity contribution in [3.8, 4) is 0 Å². The molecule has 1 aromatic heterocycles. The fraction of sp³-hybridized carbons (Fsp3) is 0.333. The summed E-state index contributed by atoms with van der Waals surface area (Å²) in [6.07, 6.45) is 4.06. The number of aromatic nitrogens is 2. The van der Waals surface area contributed by atoms with Crippen LogP contribution in [0, 0.1) is 0 Å². The SMILES string of the molecule is CN(C)CC(=O)Nc1cc2c(C=Cc3ccccc3)n[nH]c2cc1N1CCN(C)CC1. The Morgan fingerprint density at radius 2 is 1.87 bits per heavy atom. The van der Waals surface area contributed by atoms with Gasteiger partial charge in [-0.25, -0.2) is 0 Å². The van der Waals surface area contributed by atoms with Crippen molar-refractivity contribution in [1.29, 1.82) is 0 Å². The zero-order valence-corrected chi connectivity index (χ0v) is 18.4. The van der Waals surface area contributed by atoms with Gasteiger partial charge >= 0.3 is 0 Å². The van der Waals surface area contributed by atoms with Gasteiger partial charge < -0.3 is 20.0 Å². The van der Waals surface area contributed by atoms with Gasteiger partial charge in [-0.2, -0.15) is 5.10 Å². The second-order valence-electron chi connectivity index (χ2n) is 8.34. The van der Waals surface area contributed by atoms with Crippen molar-refractivity contribution < 1.29 is 4.79 Å². The zero-order chi connectivity index (χ0) is 21.8. The first kappa shape index (κ1) is 21.1. The van der Waals surface area contributed by atoms with Crippen molar-refractivity contribution in [3.05, 3.63) is 53.7 Å². The molecule has 162 valence electrons. The lowest BCUT2D eigenvalue weighted by Gasteiger charge is -2.35. The second kappa shape index (κ2) is 9.32. The Balaban J connectivity index is 1.69. The Labute approximate surface area is 183 Å². The van der Waals surface area contributed by atoms with E-state index in [1.54, 1.807) is 0 Å². The third kappa shape index (κ3) is 5.13. The smallest absolute Gasteiger partial charge is 0.238 e. The molecule has 0 bridgehead atoms. The van der Waals surface area contributed by atoms with Crippen LogP contribution in [0.4, 0.5) is 11.4 Å². The van der Waals surface area contributed by atoms with Crippen LogP contribution in [0.5, 0.6) is 0 Å². The first-order chi connectivity index (χ1) is 15.0. The number of nitrogens with zero attached hydrogens (tertiary/aromatic N) is 4. The standard InChI is InChI=1S/C24H30N6O/c1-28(2)17-24(31)25-22-15-19-20(10-9-18-7-5-4-6-8-18)26-27-21(19)16-23(22)30-13-11-29(3)12-14-30/h4-10,15-16H,11-14,17H2,1-3H3,(H,25,31)(H,26,27). The Morgan fingerprint density at radius 3 is 2.58 bits per heavy atom. The summed E-state index contributed by atoms with van der Waals surface area (Å²) in [5, 5.41) is 11.8. The number of benzene rings is 2. The van der Waals surface area contributed by atoms with E-state index in [-0.39, 0.29) is 5.91 Å². The van der Waals surface area contributed by atoms with Crippen LogP contribution in [0.1, 0.15) is 11.3 Å². The highest BCUT2D eigenvalue weighted by molar-refractivity contribution is 6.02. The summed E-state index contributed by atoms with van der Waals surface area (Å²) >= 11 is 0. The van der Waals surface area contributed by atoms with Gasteiger partial charge in [-0.3, -0.25) is 9.89 Å². The molecule has 0 spiro atoms. The molecule has 7 nitrogen and oxygen atoms in total. The first-order valence-electron chi connectivity index (χ1n) is 10.6. The van der Waals surface area contributed by atoms with E-state index < -0.39 is 0 Å². The molecule has 1 saturated heterocycles. The molecule has 0 atom stereocenters. The van der Waals surface area contributed by atoms with Crippen molar-refractivity contribution in [2.24, 2.45) is 0 Å². The predicted octanol–water partition coefficient (Wildman–Crippen LogP) is 2.99. The van der Waals surface area contributed by atoms with Crippen molar-refractivity contribution in [2.45, 2.75) is 0 Å². The molecule has 1 aliphatic heterocycles. The molecule has 1 aliphatic rings. The number of likely N-dealkylation sites (N-methyl/N-ethyl adjacent to an activating group) is 2. The number of amides is 1. The fourth-order valence-electron chi connectivity index (χ4n) is 3.83. The number of nitrogens with one attached hydrogen (secondary N) is 2. The van der Waals surface area contributed by atoms with E-state index in [4.69, 9.17) is 0 Å². The van der Waals surface area contributed by atoms with E-state index in [0.29, 0.717) is 6.54 Å². The van der Waals surface area contributed by atoms with Gasteiger partial charge in [-0.1, -0.05) is 36.4 Å². The first-order valence-corrected chi connectivity index (χ1v) is 10.6. The van der Waals surface area contributed by atoms with Gasteiger partial charge in [-0.15, -0.1) is 0 Å².